The Morgan fingerprint density at radius 2 is 1.18 bits per heavy atom. The summed E-state index contributed by atoms with van der Waals surface area (Å²) in [6, 6.07) is 0. The van der Waals surface area contributed by atoms with Gasteiger partial charge in [-0.05, 0) is 6.92 Å². The third-order valence-electron chi connectivity index (χ3n) is 0. The molecule has 0 saturated heterocycles. The van der Waals surface area contributed by atoms with E-state index in [0.717, 1.165) is 6.92 Å². The molecule has 0 N–H and O–H groups in total. The molecule has 0 aliphatic carbocycles. The van der Waals surface area contributed by atoms with Crippen LogP contribution in [0, 0.1) is 0 Å². The molecule has 0 atom stereocenters. The summed E-state index contributed by atoms with van der Waals surface area (Å²) in [5.41, 5.74) is 0. The second-order valence-corrected chi connectivity index (χ2v) is 1.10. The number of carboxylic acid groups (broad SMARTS) is 1. The molecule has 0 aromatic rings. The van der Waals surface area contributed by atoms with Gasteiger partial charge in [0.15, 0.2) is 0 Å². The zero-order valence-electron chi connectivity index (χ0n) is 6.95. The summed E-state index contributed by atoms with van der Waals surface area (Å²) < 4.78 is 25.3. The molecule has 0 aromatic heterocycles. The Bertz CT molecular complexity index is 77.7. The van der Waals surface area contributed by atoms with Crippen LogP contribution >= 0.6 is 0 Å². The Morgan fingerprint density at radius 1 is 1.18 bits per heavy atom. The fourth-order valence-electron chi connectivity index (χ4n) is 0. The van der Waals surface area contributed by atoms with Crippen molar-refractivity contribution in [2.45, 2.75) is 6.92 Å². The van der Waals surface area contributed by atoms with E-state index >= 15 is 0 Å². The van der Waals surface area contributed by atoms with Crippen molar-refractivity contribution in [3.63, 3.8) is 0 Å². The first-order valence-corrected chi connectivity index (χ1v) is 2.41. The molecular weight excluding hydrogens is 205 g/mol. The smallest absolute Gasteiger partial charge is 0.784 e. The Kier molecular flexibility index (Phi) is 60.8. The summed E-state index contributed by atoms with van der Waals surface area (Å²) in [7, 11) is 0. The molecule has 0 radical (unpaired) electrons. The maximum atomic E-state index is 8.89. The quantitative estimate of drug-likeness (QED) is 0.290. The van der Waals surface area contributed by atoms with Crippen molar-refractivity contribution in [1.82, 2.24) is 0 Å². The van der Waals surface area contributed by atoms with Crippen LogP contribution in [0.4, 0.5) is 0 Å². The van der Waals surface area contributed by atoms with Crippen molar-refractivity contribution in [2.75, 3.05) is 0 Å². The van der Waals surface area contributed by atoms with E-state index in [0.29, 0.717) is 0 Å². The number of aliphatic carboxylic acids is 1. The average molecular weight is 208 g/mol. The van der Waals surface area contributed by atoms with E-state index in [-0.39, 0.29) is 88.7 Å². The van der Waals surface area contributed by atoms with Crippen molar-refractivity contribution < 1.29 is 112 Å². The van der Waals surface area contributed by atoms with E-state index in [1.165, 1.54) is 0 Å². The number of hydrogen-bond donors (Lipinski definition) is 0. The van der Waals surface area contributed by atoms with Gasteiger partial charge in [-0.15, -0.1) is 11.4 Å². The first kappa shape index (κ1) is 29.2. The molecule has 0 rings (SSSR count). The Hall–Kier alpha value is 2.54. The van der Waals surface area contributed by atoms with Gasteiger partial charge in [0.05, 0.1) is 0 Å². The molecule has 0 bridgehead atoms. The summed E-state index contributed by atoms with van der Waals surface area (Å²) in [6.45, 7) is 0.972. The molecule has 9 heteroatoms. The van der Waals surface area contributed by atoms with Gasteiger partial charge >= 0.3 is 88.7 Å². The molecule has 0 aromatic carbocycles. The van der Waals surface area contributed by atoms with E-state index in [9.17, 15) is 0 Å². The number of rotatable bonds is 0. The Morgan fingerprint density at radius 3 is 1.18 bits per heavy atom. The third-order valence-corrected chi connectivity index (χ3v) is 0. The van der Waals surface area contributed by atoms with Crippen molar-refractivity contribution in [3.8, 4) is 0 Å². The van der Waals surface area contributed by atoms with Gasteiger partial charge in [-0.1, -0.05) is 0 Å². The summed E-state index contributed by atoms with van der Waals surface area (Å²) in [6.07, 6.45) is 0. The summed E-state index contributed by atoms with van der Waals surface area (Å²) in [5, 5.41) is 8.89. The predicted molar refractivity (Wildman–Crippen MR) is 20.4 cm³/mol. The van der Waals surface area contributed by atoms with Crippen molar-refractivity contribution in [1.29, 1.82) is 0 Å². The molecule has 0 saturated carbocycles. The fourth-order valence-corrected chi connectivity index (χ4v) is 0. The normalized spacial score (nSPS) is 5.45. The molecule has 50 valence electrons. The molecule has 0 unspecified atom stereocenters. The molecule has 0 spiro atoms. The Labute approximate surface area is 134 Å². The largest absolute Gasteiger partial charge is 1.00 e. The number of carbonyl (C=O) groups excluding carboxylic acids is 1. The second kappa shape index (κ2) is 22.9. The molecule has 0 amide bonds. The molecule has 5 nitrogen and oxygen atoms in total. The van der Waals surface area contributed by atoms with Crippen LogP contribution in [0.3, 0.4) is 0 Å². The van der Waals surface area contributed by atoms with Crippen LogP contribution in [-0.4, -0.2) is 19.3 Å². The number of hydrogen-bond acceptors (Lipinski definition) is 5. The van der Waals surface area contributed by atoms with Gasteiger partial charge in [0.2, 0.25) is 0 Å². The molecule has 0 fully saturated rings. The summed E-state index contributed by atoms with van der Waals surface area (Å²) in [4.78, 5) is 8.89. The van der Waals surface area contributed by atoms with Crippen molar-refractivity contribution >= 4 is 17.3 Å². The molecule has 11 heavy (non-hydrogen) atoms. The van der Waals surface area contributed by atoms with Crippen LogP contribution in [0.2, 0.25) is 0 Å². The molecule has 0 heterocycles. The van der Waals surface area contributed by atoms with Crippen molar-refractivity contribution in [2.24, 2.45) is 0 Å². The van der Waals surface area contributed by atoms with Crippen LogP contribution < -0.4 is 93.8 Å². The van der Waals surface area contributed by atoms with Crippen LogP contribution in [-0.2, 0) is 16.2 Å². The first-order valence-electron chi connectivity index (χ1n) is 1.41. The minimum absolute atomic E-state index is 0. The maximum Gasteiger partial charge on any atom is 1.00 e. The zero-order valence-corrected chi connectivity index (χ0v) is 13.8. The Balaban J connectivity index is -0.0000000171. The first-order chi connectivity index (χ1) is 3.46. The van der Waals surface area contributed by atoms with Gasteiger partial charge < -0.3 is 19.0 Å². The minimum atomic E-state index is -3.11. The number of carboxylic acids is 1. The van der Waals surface area contributed by atoms with Crippen LogP contribution in [0.1, 0.15) is 6.92 Å². The van der Waals surface area contributed by atoms with E-state index in [2.05, 4.69) is 0 Å². The summed E-state index contributed by atoms with van der Waals surface area (Å²) >= 11 is -3.11. The topological polar surface area (TPSA) is 103 Å². The number of carbonyl (C=O) groups is 1. The van der Waals surface area contributed by atoms with Crippen molar-refractivity contribution in [3.05, 3.63) is 0 Å². The van der Waals surface area contributed by atoms with Crippen LogP contribution in [0.25, 0.3) is 0 Å². The predicted octanol–water partition coefficient (Wildman–Crippen LogP) is -11.2. The SMILES string of the molecule is CC(=O)[O-].O=S([O-])[O-].[Na+].[Na+].[Na+]. The second-order valence-electron chi connectivity index (χ2n) is 0.696. The van der Waals surface area contributed by atoms with Gasteiger partial charge in [-0.3, -0.25) is 4.21 Å². The minimum Gasteiger partial charge on any atom is -0.784 e. The van der Waals surface area contributed by atoms with E-state index in [4.69, 9.17) is 23.2 Å². The molecule has 0 aliphatic heterocycles. The van der Waals surface area contributed by atoms with E-state index in [1.54, 1.807) is 0 Å². The fraction of sp³-hybridized carbons (Fsp3) is 0.500. The molecular formula is C2H3Na3O5S. The third kappa shape index (κ3) is 216. The maximum absolute atomic E-state index is 8.89. The standard InChI is InChI=1S/C2H4O2.3Na.H2O3S/c1-2(3)4;;;;1-4(2)3/h1H3,(H,3,4);;;;(H2,1,2,3)/q;3*+1;/p-3. The van der Waals surface area contributed by atoms with Gasteiger partial charge in [0, 0.05) is 5.97 Å². The zero-order chi connectivity index (χ0) is 7.15. The monoisotopic (exact) mass is 208 g/mol. The van der Waals surface area contributed by atoms with E-state index in [1.807, 2.05) is 0 Å². The van der Waals surface area contributed by atoms with Gasteiger partial charge in [-0.25, -0.2) is 0 Å². The van der Waals surface area contributed by atoms with Gasteiger partial charge in [0.25, 0.3) is 0 Å². The van der Waals surface area contributed by atoms with Crippen LogP contribution in [0.5, 0.6) is 0 Å². The molecule has 0 aliphatic rings. The van der Waals surface area contributed by atoms with Crippen LogP contribution in [0.15, 0.2) is 0 Å². The van der Waals surface area contributed by atoms with E-state index < -0.39 is 17.3 Å². The average Bonchev–Trinajstić information content (AvgIpc) is 1.25. The summed E-state index contributed by atoms with van der Waals surface area (Å²) in [5.74, 6) is -1.08. The van der Waals surface area contributed by atoms with Gasteiger partial charge in [-0.2, -0.15) is 0 Å². The van der Waals surface area contributed by atoms with Gasteiger partial charge in [0.1, 0.15) is 0 Å².